The van der Waals surface area contributed by atoms with Crippen molar-refractivity contribution in [1.29, 1.82) is 0 Å². The van der Waals surface area contributed by atoms with E-state index in [-0.39, 0.29) is 18.4 Å². The van der Waals surface area contributed by atoms with E-state index in [2.05, 4.69) is 18.2 Å². The van der Waals surface area contributed by atoms with Crippen molar-refractivity contribution in [1.82, 2.24) is 4.90 Å². The molecule has 0 bridgehead atoms. The third kappa shape index (κ3) is 7.34. The zero-order valence-corrected chi connectivity index (χ0v) is 18.5. The van der Waals surface area contributed by atoms with E-state index >= 15 is 0 Å². The molecule has 1 amide bonds. The molecule has 2 atom stereocenters. The summed E-state index contributed by atoms with van der Waals surface area (Å²) in [5.74, 6) is -0.599. The summed E-state index contributed by atoms with van der Waals surface area (Å²) in [6, 6.07) is 18.3. The van der Waals surface area contributed by atoms with Gasteiger partial charge in [-0.2, -0.15) is 0 Å². The Bertz CT molecular complexity index is 909. The number of aliphatic hydroxyl groups is 1. The Labute approximate surface area is 190 Å². The van der Waals surface area contributed by atoms with Crippen molar-refractivity contribution in [2.75, 3.05) is 6.54 Å². The van der Waals surface area contributed by atoms with E-state index in [0.29, 0.717) is 19.4 Å². The topological polar surface area (TPSA) is 77.8 Å². The first-order valence-electron chi connectivity index (χ1n) is 11.5. The van der Waals surface area contributed by atoms with Gasteiger partial charge in [0.1, 0.15) is 0 Å². The summed E-state index contributed by atoms with van der Waals surface area (Å²) in [7, 11) is 0. The molecule has 2 N–H and O–H groups in total. The van der Waals surface area contributed by atoms with Crippen LogP contribution in [0, 0.1) is 0 Å². The van der Waals surface area contributed by atoms with Crippen LogP contribution >= 0.6 is 0 Å². The second-order valence-corrected chi connectivity index (χ2v) is 8.49. The van der Waals surface area contributed by atoms with E-state index in [1.54, 1.807) is 6.08 Å². The molecule has 0 radical (unpaired) electrons. The molecule has 32 heavy (non-hydrogen) atoms. The molecule has 0 aromatic heterocycles. The van der Waals surface area contributed by atoms with Crippen LogP contribution in [0.2, 0.25) is 0 Å². The minimum absolute atomic E-state index is 0.0173. The lowest BCUT2D eigenvalue weighted by Crippen LogP contribution is -2.32. The SMILES string of the molecule is O=C(O)CCCCCCN1C(=O)CCC1C=CC(O)c1cccc(Cc2ccccc2)c1. The van der Waals surface area contributed by atoms with E-state index in [9.17, 15) is 14.7 Å². The number of aliphatic carboxylic acids is 1. The van der Waals surface area contributed by atoms with Crippen molar-refractivity contribution in [2.24, 2.45) is 0 Å². The number of hydrogen-bond acceptors (Lipinski definition) is 3. The Kier molecular flexibility index (Phi) is 9.05. The van der Waals surface area contributed by atoms with Gasteiger partial charge in [0.2, 0.25) is 5.91 Å². The fourth-order valence-corrected chi connectivity index (χ4v) is 4.22. The number of nitrogens with zero attached hydrogens (tertiary/aromatic N) is 1. The number of likely N-dealkylation sites (tertiary alicyclic amines) is 1. The lowest BCUT2D eigenvalue weighted by atomic mass is 10.00. The minimum atomic E-state index is -0.755. The maximum Gasteiger partial charge on any atom is 0.303 e. The highest BCUT2D eigenvalue weighted by atomic mass is 16.4. The number of carbonyl (C=O) groups is 2. The molecule has 0 spiro atoms. The molecule has 2 aromatic carbocycles. The van der Waals surface area contributed by atoms with Crippen molar-refractivity contribution >= 4 is 11.9 Å². The van der Waals surface area contributed by atoms with Gasteiger partial charge < -0.3 is 15.1 Å². The number of hydrogen-bond donors (Lipinski definition) is 2. The summed E-state index contributed by atoms with van der Waals surface area (Å²) >= 11 is 0. The minimum Gasteiger partial charge on any atom is -0.481 e. The van der Waals surface area contributed by atoms with Crippen LogP contribution in [0.15, 0.2) is 66.7 Å². The van der Waals surface area contributed by atoms with E-state index in [1.165, 1.54) is 5.56 Å². The molecule has 3 rings (SSSR count). The molecule has 0 aliphatic carbocycles. The van der Waals surface area contributed by atoms with Crippen molar-refractivity contribution in [3.05, 3.63) is 83.4 Å². The average molecular weight is 436 g/mol. The van der Waals surface area contributed by atoms with Crippen LogP contribution in [0.5, 0.6) is 0 Å². The summed E-state index contributed by atoms with van der Waals surface area (Å²) in [4.78, 5) is 24.8. The summed E-state index contributed by atoms with van der Waals surface area (Å²) < 4.78 is 0. The Morgan fingerprint density at radius 2 is 1.78 bits per heavy atom. The molecule has 0 saturated carbocycles. The number of benzene rings is 2. The molecule has 1 fully saturated rings. The Morgan fingerprint density at radius 1 is 1.03 bits per heavy atom. The molecule has 5 heteroatoms. The van der Waals surface area contributed by atoms with Crippen molar-refractivity contribution in [3.8, 4) is 0 Å². The van der Waals surface area contributed by atoms with Gasteiger partial charge in [-0.05, 0) is 42.4 Å². The Hall–Kier alpha value is -2.92. The lowest BCUT2D eigenvalue weighted by Gasteiger charge is -2.22. The number of carboxylic acid groups (broad SMARTS) is 1. The Balaban J connectivity index is 1.52. The van der Waals surface area contributed by atoms with Crippen LogP contribution in [-0.2, 0) is 16.0 Å². The molecule has 2 unspecified atom stereocenters. The molecule has 1 aliphatic rings. The molecule has 5 nitrogen and oxygen atoms in total. The predicted octanol–water partition coefficient (Wildman–Crippen LogP) is 4.89. The largest absolute Gasteiger partial charge is 0.481 e. The number of unbranched alkanes of at least 4 members (excludes halogenated alkanes) is 3. The van der Waals surface area contributed by atoms with Gasteiger partial charge in [-0.15, -0.1) is 0 Å². The normalized spacial score (nSPS) is 17.2. The monoisotopic (exact) mass is 435 g/mol. The van der Waals surface area contributed by atoms with Crippen LogP contribution in [-0.4, -0.2) is 39.6 Å². The maximum absolute atomic E-state index is 12.3. The van der Waals surface area contributed by atoms with Crippen LogP contribution in [0.3, 0.4) is 0 Å². The van der Waals surface area contributed by atoms with Gasteiger partial charge in [0.15, 0.2) is 0 Å². The van der Waals surface area contributed by atoms with Gasteiger partial charge in [-0.3, -0.25) is 9.59 Å². The lowest BCUT2D eigenvalue weighted by molar-refractivity contribution is -0.137. The highest BCUT2D eigenvalue weighted by Gasteiger charge is 2.28. The predicted molar refractivity (Wildman–Crippen MR) is 125 cm³/mol. The summed E-state index contributed by atoms with van der Waals surface area (Å²) in [5, 5.41) is 19.4. The molecule has 170 valence electrons. The second kappa shape index (κ2) is 12.2. The molecule has 2 aromatic rings. The molecular formula is C27H33NO4. The molecule has 1 aliphatic heterocycles. The van der Waals surface area contributed by atoms with E-state index in [0.717, 1.165) is 43.2 Å². The third-order valence-corrected chi connectivity index (χ3v) is 5.97. The second-order valence-electron chi connectivity index (χ2n) is 8.49. The number of amides is 1. The van der Waals surface area contributed by atoms with E-state index in [1.807, 2.05) is 47.4 Å². The third-order valence-electron chi connectivity index (χ3n) is 5.97. The van der Waals surface area contributed by atoms with Gasteiger partial charge in [-0.1, -0.05) is 79.6 Å². The van der Waals surface area contributed by atoms with Crippen molar-refractivity contribution in [2.45, 2.75) is 63.5 Å². The number of rotatable bonds is 12. The fraction of sp³-hybridized carbons (Fsp3) is 0.407. The maximum atomic E-state index is 12.3. The molecule has 1 saturated heterocycles. The van der Waals surface area contributed by atoms with E-state index < -0.39 is 12.1 Å². The number of aliphatic hydroxyl groups excluding tert-OH is 1. The highest BCUT2D eigenvalue weighted by Crippen LogP contribution is 2.23. The number of carbonyl (C=O) groups excluding carboxylic acids is 1. The zero-order chi connectivity index (χ0) is 22.8. The number of carboxylic acids is 1. The first-order chi connectivity index (χ1) is 15.5. The standard InChI is InChI=1S/C27H33NO4/c29-25(23-12-8-11-22(20-23)19-21-9-4-3-5-10-21)16-14-24-15-17-26(30)28(24)18-7-2-1-6-13-27(31)32/h3-5,8-12,14,16,20,24-25,29H,1-2,6-7,13,15,17-19H2,(H,31,32). The van der Waals surface area contributed by atoms with Gasteiger partial charge in [0, 0.05) is 19.4 Å². The quantitative estimate of drug-likeness (QED) is 0.367. The Morgan fingerprint density at radius 3 is 2.56 bits per heavy atom. The summed E-state index contributed by atoms with van der Waals surface area (Å²) in [6.45, 7) is 0.684. The summed E-state index contributed by atoms with van der Waals surface area (Å²) in [6.07, 6.45) is 8.74. The fourth-order valence-electron chi connectivity index (χ4n) is 4.22. The van der Waals surface area contributed by atoms with Gasteiger partial charge in [0.05, 0.1) is 12.1 Å². The smallest absolute Gasteiger partial charge is 0.303 e. The molecule has 1 heterocycles. The van der Waals surface area contributed by atoms with Crippen LogP contribution in [0.1, 0.15) is 67.7 Å². The van der Waals surface area contributed by atoms with Crippen molar-refractivity contribution < 1.29 is 19.8 Å². The van der Waals surface area contributed by atoms with Gasteiger partial charge >= 0.3 is 5.97 Å². The average Bonchev–Trinajstić information content (AvgIpc) is 3.14. The van der Waals surface area contributed by atoms with Crippen LogP contribution < -0.4 is 0 Å². The van der Waals surface area contributed by atoms with Gasteiger partial charge in [-0.25, -0.2) is 0 Å². The van der Waals surface area contributed by atoms with Crippen molar-refractivity contribution in [3.63, 3.8) is 0 Å². The van der Waals surface area contributed by atoms with E-state index in [4.69, 9.17) is 5.11 Å². The summed E-state index contributed by atoms with van der Waals surface area (Å²) in [5.41, 5.74) is 3.24. The first-order valence-corrected chi connectivity index (χ1v) is 11.5. The highest BCUT2D eigenvalue weighted by molar-refractivity contribution is 5.79. The zero-order valence-electron chi connectivity index (χ0n) is 18.5. The first kappa shape index (κ1) is 23.7. The van der Waals surface area contributed by atoms with Gasteiger partial charge in [0.25, 0.3) is 0 Å². The van der Waals surface area contributed by atoms with Crippen LogP contribution in [0.25, 0.3) is 0 Å². The molecular weight excluding hydrogens is 402 g/mol. The van der Waals surface area contributed by atoms with Crippen LogP contribution in [0.4, 0.5) is 0 Å².